The topological polar surface area (TPSA) is 107 Å². The number of primary amides is 1. The molecule has 0 spiro atoms. The van der Waals surface area contributed by atoms with Crippen molar-refractivity contribution in [3.05, 3.63) is 30.0 Å². The lowest BCUT2D eigenvalue weighted by molar-refractivity contribution is 0.00374. The lowest BCUT2D eigenvalue weighted by atomic mass is 10.1. The molecule has 116 valence electrons. The molecule has 3 heterocycles. The van der Waals surface area contributed by atoms with Gasteiger partial charge in [-0.15, -0.1) is 5.10 Å². The van der Waals surface area contributed by atoms with E-state index < -0.39 is 5.91 Å². The number of hydrazone groups is 1. The Morgan fingerprint density at radius 1 is 1.50 bits per heavy atom. The van der Waals surface area contributed by atoms with Crippen molar-refractivity contribution in [3.63, 3.8) is 0 Å². The fourth-order valence-electron chi connectivity index (χ4n) is 2.46. The minimum Gasteiger partial charge on any atom is -0.376 e. The maximum absolute atomic E-state index is 11.4. The summed E-state index contributed by atoms with van der Waals surface area (Å²) in [5.41, 5.74) is 8.86. The Morgan fingerprint density at radius 2 is 2.41 bits per heavy atom. The van der Waals surface area contributed by atoms with E-state index in [-0.39, 0.29) is 11.9 Å². The highest BCUT2D eigenvalue weighted by Gasteiger charge is 2.21. The second kappa shape index (κ2) is 6.52. The van der Waals surface area contributed by atoms with Crippen LogP contribution in [0.15, 0.2) is 23.5 Å². The van der Waals surface area contributed by atoms with Gasteiger partial charge in [0, 0.05) is 24.6 Å². The summed E-state index contributed by atoms with van der Waals surface area (Å²) in [6, 6.07) is 0. The molecule has 1 amide bonds. The van der Waals surface area contributed by atoms with Gasteiger partial charge in [0.2, 0.25) is 5.82 Å². The highest BCUT2D eigenvalue weighted by atomic mass is 16.5. The highest BCUT2D eigenvalue weighted by Crippen LogP contribution is 2.19. The summed E-state index contributed by atoms with van der Waals surface area (Å²) in [7, 11) is 0. The molecule has 2 aliphatic heterocycles. The fourth-order valence-corrected chi connectivity index (χ4v) is 2.46. The van der Waals surface area contributed by atoms with Crippen molar-refractivity contribution < 1.29 is 9.53 Å². The molecule has 1 aromatic heterocycles. The largest absolute Gasteiger partial charge is 0.376 e. The molecule has 8 nitrogen and oxygen atoms in total. The number of aromatic nitrogens is 3. The van der Waals surface area contributed by atoms with E-state index in [1.54, 1.807) is 23.2 Å². The monoisotopic (exact) mass is 302 g/mol. The van der Waals surface area contributed by atoms with Crippen LogP contribution in [0.2, 0.25) is 0 Å². The number of hydrogen-bond donors (Lipinski definition) is 2. The Balaban J connectivity index is 1.89. The zero-order chi connectivity index (χ0) is 15.4. The van der Waals surface area contributed by atoms with Gasteiger partial charge in [-0.05, 0) is 31.4 Å². The molecule has 2 aliphatic rings. The third-order valence-corrected chi connectivity index (χ3v) is 3.53. The molecule has 0 bridgehead atoms. The van der Waals surface area contributed by atoms with Crippen molar-refractivity contribution in [2.75, 3.05) is 6.61 Å². The summed E-state index contributed by atoms with van der Waals surface area (Å²) in [4.78, 5) is 15.6. The van der Waals surface area contributed by atoms with E-state index in [0.717, 1.165) is 31.4 Å². The molecular weight excluding hydrogens is 284 g/mol. The van der Waals surface area contributed by atoms with Gasteiger partial charge in [0.05, 0.1) is 12.6 Å². The second-order valence-electron chi connectivity index (χ2n) is 5.16. The lowest BCUT2D eigenvalue weighted by Gasteiger charge is -2.22. The van der Waals surface area contributed by atoms with Gasteiger partial charge in [-0.25, -0.2) is 9.67 Å². The van der Waals surface area contributed by atoms with E-state index in [0.29, 0.717) is 12.4 Å². The van der Waals surface area contributed by atoms with Crippen molar-refractivity contribution >= 4 is 17.7 Å². The summed E-state index contributed by atoms with van der Waals surface area (Å²) in [5, 5.41) is 8.14. The molecule has 0 aliphatic carbocycles. The lowest BCUT2D eigenvalue weighted by Crippen LogP contribution is -2.26. The van der Waals surface area contributed by atoms with Crippen LogP contribution in [0.5, 0.6) is 0 Å². The zero-order valence-corrected chi connectivity index (χ0v) is 12.1. The van der Waals surface area contributed by atoms with Gasteiger partial charge in [0.1, 0.15) is 0 Å². The van der Waals surface area contributed by atoms with E-state index in [1.807, 2.05) is 6.08 Å². The van der Waals surface area contributed by atoms with Crippen LogP contribution in [0.25, 0.3) is 5.57 Å². The average Bonchev–Trinajstić information content (AvgIpc) is 2.76. The third kappa shape index (κ3) is 3.22. The third-order valence-electron chi connectivity index (χ3n) is 3.53. The number of carbonyl (C=O) groups is 1. The van der Waals surface area contributed by atoms with Crippen molar-refractivity contribution in [1.29, 1.82) is 0 Å². The van der Waals surface area contributed by atoms with Crippen LogP contribution in [-0.4, -0.2) is 39.6 Å². The van der Waals surface area contributed by atoms with Crippen molar-refractivity contribution in [3.8, 4) is 0 Å². The molecule has 1 aromatic rings. The van der Waals surface area contributed by atoms with E-state index in [1.165, 1.54) is 0 Å². The van der Waals surface area contributed by atoms with Crippen LogP contribution in [0.4, 0.5) is 0 Å². The molecule has 0 aromatic carbocycles. The summed E-state index contributed by atoms with van der Waals surface area (Å²) in [5.74, 6) is -0.0746. The van der Waals surface area contributed by atoms with E-state index >= 15 is 0 Å². The number of ether oxygens (including phenoxy) is 1. The molecule has 22 heavy (non-hydrogen) atoms. The SMILES string of the molecule is NC(=O)c1nc(C2=CNN=CC=C2)n(CC2CCCCO2)n1. The van der Waals surface area contributed by atoms with Gasteiger partial charge >= 0.3 is 0 Å². The molecular formula is C14H18N6O2. The number of carbonyl (C=O) groups excluding carboxylic acids is 1. The summed E-state index contributed by atoms with van der Waals surface area (Å²) in [6.45, 7) is 1.30. The first kappa shape index (κ1) is 14.5. The molecule has 0 radical (unpaired) electrons. The molecule has 1 unspecified atom stereocenters. The summed E-state index contributed by atoms with van der Waals surface area (Å²) < 4.78 is 7.42. The number of rotatable bonds is 4. The van der Waals surface area contributed by atoms with Gasteiger partial charge in [0.15, 0.2) is 5.82 Å². The molecule has 1 fully saturated rings. The Morgan fingerprint density at radius 3 is 3.18 bits per heavy atom. The van der Waals surface area contributed by atoms with Crippen LogP contribution >= 0.6 is 0 Å². The summed E-state index contributed by atoms with van der Waals surface area (Å²) >= 11 is 0. The van der Waals surface area contributed by atoms with Gasteiger partial charge in [-0.2, -0.15) is 5.10 Å². The van der Waals surface area contributed by atoms with E-state index in [9.17, 15) is 4.79 Å². The van der Waals surface area contributed by atoms with Crippen molar-refractivity contribution in [2.24, 2.45) is 10.8 Å². The molecule has 8 heteroatoms. The number of allylic oxidation sites excluding steroid dienone is 3. The Labute approximate surface area is 127 Å². The quantitative estimate of drug-likeness (QED) is 0.838. The minimum absolute atomic E-state index is 0.00488. The number of hydrogen-bond acceptors (Lipinski definition) is 6. The van der Waals surface area contributed by atoms with E-state index in [2.05, 4.69) is 20.6 Å². The Bertz CT molecular complexity index is 640. The van der Waals surface area contributed by atoms with Gasteiger partial charge in [0.25, 0.3) is 5.91 Å². The van der Waals surface area contributed by atoms with Gasteiger partial charge < -0.3 is 10.5 Å². The Hall–Kier alpha value is -2.48. The van der Waals surface area contributed by atoms with Crippen LogP contribution < -0.4 is 11.2 Å². The van der Waals surface area contributed by atoms with E-state index in [4.69, 9.17) is 10.5 Å². The number of nitrogens with two attached hydrogens (primary N) is 1. The number of amides is 1. The first-order valence-electron chi connectivity index (χ1n) is 7.26. The standard InChI is InChI=1S/C14H18N6O2/c15-12(21)13-18-14(10-4-3-6-16-17-8-10)20(19-13)9-11-5-1-2-7-22-11/h3-4,6,8,11,17H,1-2,5,7,9H2,(H2,15,21). The average molecular weight is 302 g/mol. The predicted molar refractivity (Wildman–Crippen MR) is 80.9 cm³/mol. The maximum Gasteiger partial charge on any atom is 0.288 e. The zero-order valence-electron chi connectivity index (χ0n) is 12.1. The molecule has 3 rings (SSSR count). The maximum atomic E-state index is 11.4. The number of nitrogens with zero attached hydrogens (tertiary/aromatic N) is 4. The first-order chi connectivity index (χ1) is 10.7. The molecule has 1 saturated heterocycles. The second-order valence-corrected chi connectivity index (χ2v) is 5.16. The molecule has 3 N–H and O–H groups in total. The van der Waals surface area contributed by atoms with Crippen LogP contribution in [-0.2, 0) is 11.3 Å². The van der Waals surface area contributed by atoms with Crippen LogP contribution in [0.3, 0.4) is 0 Å². The van der Waals surface area contributed by atoms with Crippen molar-refractivity contribution in [1.82, 2.24) is 20.2 Å². The van der Waals surface area contributed by atoms with Gasteiger partial charge in [-0.1, -0.05) is 0 Å². The van der Waals surface area contributed by atoms with Crippen molar-refractivity contribution in [2.45, 2.75) is 31.9 Å². The smallest absolute Gasteiger partial charge is 0.288 e. The summed E-state index contributed by atoms with van der Waals surface area (Å²) in [6.07, 6.45) is 10.2. The Kier molecular flexibility index (Phi) is 4.29. The molecule has 0 saturated carbocycles. The van der Waals surface area contributed by atoms with Crippen LogP contribution in [0.1, 0.15) is 35.7 Å². The highest BCUT2D eigenvalue weighted by molar-refractivity contribution is 5.89. The van der Waals surface area contributed by atoms with Gasteiger partial charge in [-0.3, -0.25) is 10.2 Å². The number of nitrogens with one attached hydrogen (secondary N) is 1. The predicted octanol–water partition coefficient (Wildman–Crippen LogP) is 0.432. The fraction of sp³-hybridized carbons (Fsp3) is 0.429. The van der Waals surface area contributed by atoms with Crippen LogP contribution in [0, 0.1) is 0 Å². The normalized spacial score (nSPS) is 21.1. The first-order valence-corrected chi connectivity index (χ1v) is 7.26. The molecule has 1 atom stereocenters. The minimum atomic E-state index is -0.646.